The molecule has 0 bridgehead atoms. The zero-order valence-electron chi connectivity index (χ0n) is 9.41. The molecule has 1 aromatic heterocycles. The number of anilines is 1. The van der Waals surface area contributed by atoms with Crippen molar-refractivity contribution in [3.05, 3.63) is 22.3 Å². The molecule has 2 aliphatic rings. The van der Waals surface area contributed by atoms with Crippen LogP contribution in [0.15, 0.2) is 16.7 Å². The number of nitrogens with zero attached hydrogens (tertiary/aromatic N) is 2. The summed E-state index contributed by atoms with van der Waals surface area (Å²) in [5, 5.41) is 3.46. The number of nitrogens with one attached hydrogen (secondary N) is 1. The highest BCUT2D eigenvalue weighted by atomic mass is 79.9. The standard InChI is InChI=1S/C12H16BrN3/c1-8-2-11(13)12(15-3-8)16-6-9-4-14-5-10(9)7-16/h2-3,9-10,14H,4-7H2,1H3. The largest absolute Gasteiger partial charge is 0.355 e. The molecule has 2 saturated heterocycles. The maximum Gasteiger partial charge on any atom is 0.142 e. The van der Waals surface area contributed by atoms with Crippen molar-refractivity contribution >= 4 is 21.7 Å². The smallest absolute Gasteiger partial charge is 0.142 e. The van der Waals surface area contributed by atoms with E-state index in [0.29, 0.717) is 0 Å². The second kappa shape index (κ2) is 4.00. The van der Waals surface area contributed by atoms with Gasteiger partial charge in [0.05, 0.1) is 4.47 Å². The molecular formula is C12H16BrN3. The molecule has 86 valence electrons. The molecule has 3 heterocycles. The first-order valence-corrected chi connectivity index (χ1v) is 6.61. The van der Waals surface area contributed by atoms with E-state index in [9.17, 15) is 0 Å². The summed E-state index contributed by atoms with van der Waals surface area (Å²) in [5.41, 5.74) is 1.21. The van der Waals surface area contributed by atoms with Crippen molar-refractivity contribution in [3.63, 3.8) is 0 Å². The van der Waals surface area contributed by atoms with Gasteiger partial charge in [-0.15, -0.1) is 0 Å². The fourth-order valence-corrected chi connectivity index (χ4v) is 3.50. The summed E-state index contributed by atoms with van der Waals surface area (Å²) in [6.07, 6.45) is 1.95. The molecule has 0 saturated carbocycles. The van der Waals surface area contributed by atoms with Crippen molar-refractivity contribution in [2.45, 2.75) is 6.92 Å². The molecule has 1 aromatic rings. The number of hydrogen-bond acceptors (Lipinski definition) is 3. The molecule has 3 nitrogen and oxygen atoms in total. The SMILES string of the molecule is Cc1cnc(N2CC3CNCC3C2)c(Br)c1. The van der Waals surface area contributed by atoms with Gasteiger partial charge in [0.15, 0.2) is 0 Å². The van der Waals surface area contributed by atoms with Crippen molar-refractivity contribution in [2.24, 2.45) is 11.8 Å². The van der Waals surface area contributed by atoms with Crippen LogP contribution in [-0.2, 0) is 0 Å². The van der Waals surface area contributed by atoms with E-state index < -0.39 is 0 Å². The molecule has 1 N–H and O–H groups in total. The molecule has 0 aromatic carbocycles. The van der Waals surface area contributed by atoms with Gasteiger partial charge in [0.2, 0.25) is 0 Å². The van der Waals surface area contributed by atoms with E-state index in [1.54, 1.807) is 0 Å². The number of rotatable bonds is 1. The Balaban J connectivity index is 1.83. The van der Waals surface area contributed by atoms with Crippen LogP contribution >= 0.6 is 15.9 Å². The minimum atomic E-state index is 0.815. The van der Waals surface area contributed by atoms with Gasteiger partial charge in [0, 0.05) is 32.4 Å². The molecule has 0 radical (unpaired) electrons. The lowest BCUT2D eigenvalue weighted by atomic mass is 10.0. The highest BCUT2D eigenvalue weighted by molar-refractivity contribution is 9.10. The van der Waals surface area contributed by atoms with Gasteiger partial charge in [-0.05, 0) is 46.3 Å². The van der Waals surface area contributed by atoms with Crippen molar-refractivity contribution < 1.29 is 0 Å². The van der Waals surface area contributed by atoms with E-state index in [-0.39, 0.29) is 0 Å². The third kappa shape index (κ3) is 1.74. The van der Waals surface area contributed by atoms with Crippen LogP contribution in [0.25, 0.3) is 0 Å². The van der Waals surface area contributed by atoms with Crippen molar-refractivity contribution in [3.8, 4) is 0 Å². The van der Waals surface area contributed by atoms with E-state index in [0.717, 1.165) is 35.2 Å². The summed E-state index contributed by atoms with van der Waals surface area (Å²) in [5.74, 6) is 2.74. The number of aryl methyl sites for hydroxylation is 1. The van der Waals surface area contributed by atoms with Crippen LogP contribution in [0.4, 0.5) is 5.82 Å². The van der Waals surface area contributed by atoms with Crippen molar-refractivity contribution in [1.29, 1.82) is 0 Å². The van der Waals surface area contributed by atoms with Gasteiger partial charge >= 0.3 is 0 Å². The third-order valence-electron chi connectivity index (χ3n) is 3.65. The van der Waals surface area contributed by atoms with Crippen LogP contribution in [0.3, 0.4) is 0 Å². The normalized spacial score (nSPS) is 28.5. The molecule has 0 aliphatic carbocycles. The molecule has 2 atom stereocenters. The first-order valence-electron chi connectivity index (χ1n) is 5.82. The molecule has 0 spiro atoms. The Bertz CT molecular complexity index is 395. The lowest BCUT2D eigenvalue weighted by molar-refractivity contribution is 0.533. The fraction of sp³-hybridized carbons (Fsp3) is 0.583. The van der Waals surface area contributed by atoms with Crippen LogP contribution in [-0.4, -0.2) is 31.2 Å². The second-order valence-corrected chi connectivity index (χ2v) is 5.76. The zero-order valence-corrected chi connectivity index (χ0v) is 11.0. The Morgan fingerprint density at radius 2 is 2.06 bits per heavy atom. The molecule has 2 unspecified atom stereocenters. The molecule has 4 heteroatoms. The summed E-state index contributed by atoms with van der Waals surface area (Å²) < 4.78 is 1.13. The number of pyridine rings is 1. The van der Waals surface area contributed by atoms with Crippen molar-refractivity contribution in [2.75, 3.05) is 31.1 Å². The van der Waals surface area contributed by atoms with Gasteiger partial charge in [-0.2, -0.15) is 0 Å². The highest BCUT2D eigenvalue weighted by Crippen LogP contribution is 2.33. The minimum absolute atomic E-state index is 0.815. The zero-order chi connectivity index (χ0) is 11.1. The maximum absolute atomic E-state index is 4.55. The van der Waals surface area contributed by atoms with E-state index in [1.165, 1.54) is 18.7 Å². The van der Waals surface area contributed by atoms with Crippen LogP contribution in [0.1, 0.15) is 5.56 Å². The Kier molecular flexibility index (Phi) is 2.64. The summed E-state index contributed by atoms with van der Waals surface area (Å²) in [7, 11) is 0. The van der Waals surface area contributed by atoms with Gasteiger partial charge in [0.25, 0.3) is 0 Å². The summed E-state index contributed by atoms with van der Waals surface area (Å²) in [6, 6.07) is 2.15. The van der Waals surface area contributed by atoms with Crippen LogP contribution in [0.2, 0.25) is 0 Å². The average molecular weight is 282 g/mol. The quantitative estimate of drug-likeness (QED) is 0.851. The molecule has 2 aliphatic heterocycles. The van der Waals surface area contributed by atoms with E-state index in [2.05, 4.69) is 44.1 Å². The highest BCUT2D eigenvalue weighted by Gasteiger charge is 2.36. The Morgan fingerprint density at radius 1 is 1.38 bits per heavy atom. The number of aromatic nitrogens is 1. The molecule has 0 amide bonds. The number of fused-ring (bicyclic) bond motifs is 1. The van der Waals surface area contributed by atoms with Crippen molar-refractivity contribution in [1.82, 2.24) is 10.3 Å². The van der Waals surface area contributed by atoms with Gasteiger partial charge in [-0.3, -0.25) is 0 Å². The Hall–Kier alpha value is -0.610. The van der Waals surface area contributed by atoms with Crippen LogP contribution < -0.4 is 10.2 Å². The first kappa shape index (κ1) is 10.5. The lowest BCUT2D eigenvalue weighted by Gasteiger charge is -2.20. The first-order chi connectivity index (χ1) is 7.74. The molecular weight excluding hydrogens is 266 g/mol. The fourth-order valence-electron chi connectivity index (χ4n) is 2.79. The lowest BCUT2D eigenvalue weighted by Crippen LogP contribution is -2.26. The predicted octanol–water partition coefficient (Wildman–Crippen LogP) is 1.81. The minimum Gasteiger partial charge on any atom is -0.355 e. The third-order valence-corrected chi connectivity index (χ3v) is 4.23. The maximum atomic E-state index is 4.55. The number of halogens is 1. The van der Waals surface area contributed by atoms with Gasteiger partial charge in [0.1, 0.15) is 5.82 Å². The summed E-state index contributed by atoms with van der Waals surface area (Å²) >= 11 is 3.62. The monoisotopic (exact) mass is 281 g/mol. The van der Waals surface area contributed by atoms with E-state index in [1.807, 2.05) is 6.20 Å². The predicted molar refractivity (Wildman–Crippen MR) is 68.7 cm³/mol. The van der Waals surface area contributed by atoms with E-state index >= 15 is 0 Å². The molecule has 16 heavy (non-hydrogen) atoms. The van der Waals surface area contributed by atoms with Crippen LogP contribution in [0.5, 0.6) is 0 Å². The van der Waals surface area contributed by atoms with Crippen LogP contribution in [0, 0.1) is 18.8 Å². The Labute approximate surface area is 104 Å². The topological polar surface area (TPSA) is 28.2 Å². The Morgan fingerprint density at radius 3 is 2.69 bits per heavy atom. The van der Waals surface area contributed by atoms with Gasteiger partial charge in [-0.1, -0.05) is 0 Å². The summed E-state index contributed by atoms with van der Waals surface area (Å²) in [6.45, 7) is 6.71. The second-order valence-electron chi connectivity index (χ2n) is 4.90. The number of hydrogen-bond donors (Lipinski definition) is 1. The van der Waals surface area contributed by atoms with Gasteiger partial charge < -0.3 is 10.2 Å². The molecule has 3 rings (SSSR count). The van der Waals surface area contributed by atoms with Gasteiger partial charge in [-0.25, -0.2) is 4.98 Å². The molecule has 2 fully saturated rings. The average Bonchev–Trinajstić information content (AvgIpc) is 2.76. The van der Waals surface area contributed by atoms with E-state index in [4.69, 9.17) is 0 Å². The summed E-state index contributed by atoms with van der Waals surface area (Å²) in [4.78, 5) is 6.96.